The number of anilines is 2. The Labute approximate surface area is 194 Å². The van der Waals surface area contributed by atoms with Crippen LogP contribution in [-0.4, -0.2) is 21.6 Å². The molecule has 5 rings (SSSR count). The third-order valence-electron chi connectivity index (χ3n) is 6.67. The monoisotopic (exact) mass is 435 g/mol. The number of nitrogens with zero attached hydrogens (tertiary/aromatic N) is 3. The summed E-state index contributed by atoms with van der Waals surface area (Å²) in [5.74, 6) is 0. The molecular weight excluding hydrogens is 406 g/mol. The van der Waals surface area contributed by atoms with E-state index >= 15 is 0 Å². The molecule has 5 heteroatoms. The Bertz CT molecular complexity index is 1460. The Morgan fingerprint density at radius 3 is 2.45 bits per heavy atom. The molecule has 0 saturated heterocycles. The summed E-state index contributed by atoms with van der Waals surface area (Å²) in [7, 11) is 2.00. The Hall–Kier alpha value is -3.70. The highest BCUT2D eigenvalue weighted by Gasteiger charge is 2.23. The van der Waals surface area contributed by atoms with Gasteiger partial charge in [-0.05, 0) is 82.8 Å². The van der Waals surface area contributed by atoms with Gasteiger partial charge in [-0.15, -0.1) is 0 Å². The van der Waals surface area contributed by atoms with Gasteiger partial charge in [-0.25, -0.2) is 0 Å². The van der Waals surface area contributed by atoms with Crippen molar-refractivity contribution in [3.05, 3.63) is 84.3 Å². The summed E-state index contributed by atoms with van der Waals surface area (Å²) in [6.07, 6.45) is 3.67. The van der Waals surface area contributed by atoms with Gasteiger partial charge in [-0.1, -0.05) is 18.2 Å². The molecule has 0 spiro atoms. The lowest BCUT2D eigenvalue weighted by Crippen LogP contribution is -2.40. The maximum Gasteiger partial charge on any atom is 0.0894 e. The van der Waals surface area contributed by atoms with E-state index in [9.17, 15) is 0 Å². The van der Waals surface area contributed by atoms with Gasteiger partial charge in [0.25, 0.3) is 0 Å². The highest BCUT2D eigenvalue weighted by Crippen LogP contribution is 2.34. The molecule has 0 bridgehead atoms. The second-order valence-corrected chi connectivity index (χ2v) is 9.02. The molecule has 3 heterocycles. The number of hydrogen-bond donors (Lipinski definition) is 2. The molecule has 2 N–H and O–H groups in total. The van der Waals surface area contributed by atoms with E-state index in [2.05, 4.69) is 89.3 Å². The van der Waals surface area contributed by atoms with Crippen LogP contribution < -0.4 is 10.6 Å². The van der Waals surface area contributed by atoms with Crippen LogP contribution in [0.3, 0.4) is 0 Å². The number of aryl methyl sites for hydroxylation is 1. The maximum absolute atomic E-state index is 4.61. The number of fused-ring (bicyclic) bond motifs is 2. The molecule has 5 nitrogen and oxygen atoms in total. The molecule has 0 aliphatic carbocycles. The Balaban J connectivity index is 1.54. The van der Waals surface area contributed by atoms with Crippen LogP contribution in [0.1, 0.15) is 25.1 Å². The van der Waals surface area contributed by atoms with E-state index in [-0.39, 0.29) is 5.66 Å². The molecular formula is C28H29N5. The van der Waals surface area contributed by atoms with Crippen LogP contribution in [-0.2, 0) is 5.66 Å². The van der Waals surface area contributed by atoms with Gasteiger partial charge in [0.1, 0.15) is 0 Å². The van der Waals surface area contributed by atoms with E-state index in [1.165, 1.54) is 22.2 Å². The minimum absolute atomic E-state index is 0.168. The average molecular weight is 436 g/mol. The van der Waals surface area contributed by atoms with Gasteiger partial charge in [-0.2, -0.15) is 0 Å². The average Bonchev–Trinajstić information content (AvgIpc) is 3.09. The van der Waals surface area contributed by atoms with E-state index in [1.54, 1.807) is 0 Å². The predicted octanol–water partition coefficient (Wildman–Crippen LogP) is 6.52. The van der Waals surface area contributed by atoms with E-state index in [0.29, 0.717) is 0 Å². The van der Waals surface area contributed by atoms with Crippen LogP contribution in [0.2, 0.25) is 0 Å². The van der Waals surface area contributed by atoms with Gasteiger partial charge in [0, 0.05) is 45.8 Å². The molecule has 33 heavy (non-hydrogen) atoms. The first kappa shape index (κ1) is 21.2. The Morgan fingerprint density at radius 2 is 1.70 bits per heavy atom. The fourth-order valence-electron chi connectivity index (χ4n) is 4.59. The van der Waals surface area contributed by atoms with Crippen molar-refractivity contribution in [2.45, 2.75) is 33.4 Å². The first-order valence-electron chi connectivity index (χ1n) is 11.3. The third-order valence-corrected chi connectivity index (χ3v) is 6.67. The summed E-state index contributed by atoms with van der Waals surface area (Å²) in [5.41, 5.74) is 8.70. The molecule has 0 fully saturated rings. The normalized spacial score (nSPS) is 11.9. The van der Waals surface area contributed by atoms with Crippen LogP contribution in [0.25, 0.3) is 33.1 Å². The molecule has 0 atom stereocenters. The summed E-state index contributed by atoms with van der Waals surface area (Å²) in [4.78, 5) is 9.07. The fraction of sp³-hybridized carbons (Fsp3) is 0.214. The first-order chi connectivity index (χ1) is 15.9. The SMILES string of the molecule is CNC(C)(C)n1c(C)c(C)c2cc(Nc3ccnc4cc(-c5ccccn5)ccc34)ccc21. The van der Waals surface area contributed by atoms with Gasteiger partial charge in [0.2, 0.25) is 0 Å². The molecule has 3 aromatic heterocycles. The number of benzene rings is 2. The van der Waals surface area contributed by atoms with Gasteiger partial charge in [-0.3, -0.25) is 15.3 Å². The van der Waals surface area contributed by atoms with Crippen LogP contribution >= 0.6 is 0 Å². The van der Waals surface area contributed by atoms with Crippen LogP contribution in [0.5, 0.6) is 0 Å². The molecule has 0 saturated carbocycles. The number of rotatable bonds is 5. The molecule has 166 valence electrons. The summed E-state index contributed by atoms with van der Waals surface area (Å²) < 4.78 is 2.38. The van der Waals surface area contributed by atoms with Gasteiger partial charge in [0.15, 0.2) is 0 Å². The van der Waals surface area contributed by atoms with Gasteiger partial charge < -0.3 is 9.88 Å². The molecule has 0 radical (unpaired) electrons. The van der Waals surface area contributed by atoms with E-state index in [0.717, 1.165) is 33.5 Å². The van der Waals surface area contributed by atoms with Crippen molar-refractivity contribution in [3.63, 3.8) is 0 Å². The van der Waals surface area contributed by atoms with Crippen molar-refractivity contribution >= 4 is 33.2 Å². The molecule has 5 aromatic rings. The van der Waals surface area contributed by atoms with Gasteiger partial charge >= 0.3 is 0 Å². The number of aromatic nitrogens is 3. The van der Waals surface area contributed by atoms with Gasteiger partial charge in [0.05, 0.1) is 22.4 Å². The minimum Gasteiger partial charge on any atom is -0.355 e. The van der Waals surface area contributed by atoms with Crippen molar-refractivity contribution in [1.82, 2.24) is 19.9 Å². The van der Waals surface area contributed by atoms with Crippen molar-refractivity contribution in [2.24, 2.45) is 0 Å². The van der Waals surface area contributed by atoms with Crippen LogP contribution in [0.4, 0.5) is 11.4 Å². The van der Waals surface area contributed by atoms with Crippen molar-refractivity contribution in [2.75, 3.05) is 12.4 Å². The summed E-state index contributed by atoms with van der Waals surface area (Å²) in [5, 5.41) is 9.40. The third kappa shape index (κ3) is 3.64. The quantitative estimate of drug-likeness (QED) is 0.330. The van der Waals surface area contributed by atoms with Crippen molar-refractivity contribution in [1.29, 1.82) is 0 Å². The number of nitrogens with one attached hydrogen (secondary N) is 2. The molecule has 2 aromatic carbocycles. The summed E-state index contributed by atoms with van der Waals surface area (Å²) in [6, 6.07) is 20.9. The zero-order valence-electron chi connectivity index (χ0n) is 19.8. The Kier molecular flexibility index (Phi) is 5.14. The first-order valence-corrected chi connectivity index (χ1v) is 11.3. The summed E-state index contributed by atoms with van der Waals surface area (Å²) >= 11 is 0. The van der Waals surface area contributed by atoms with Crippen LogP contribution in [0.15, 0.2) is 73.1 Å². The molecule has 0 amide bonds. The van der Waals surface area contributed by atoms with Crippen molar-refractivity contribution < 1.29 is 0 Å². The lowest BCUT2D eigenvalue weighted by atomic mass is 10.1. The smallest absolute Gasteiger partial charge is 0.0894 e. The predicted molar refractivity (Wildman–Crippen MR) is 138 cm³/mol. The second-order valence-electron chi connectivity index (χ2n) is 9.02. The lowest BCUT2D eigenvalue weighted by Gasteiger charge is -2.29. The lowest BCUT2D eigenvalue weighted by molar-refractivity contribution is 0.301. The highest BCUT2D eigenvalue weighted by atomic mass is 15.2. The van der Waals surface area contributed by atoms with E-state index in [4.69, 9.17) is 0 Å². The zero-order valence-corrected chi connectivity index (χ0v) is 19.8. The standard InChI is InChI=1S/C28H29N5/c1-18-19(2)33(28(3,4)29-5)27-12-10-21(17-23(18)27)32-25-13-15-31-26-16-20(9-11-22(25)26)24-8-6-7-14-30-24/h6-17,29H,1-5H3,(H,31,32). The highest BCUT2D eigenvalue weighted by molar-refractivity contribution is 5.96. The van der Waals surface area contributed by atoms with E-state index < -0.39 is 0 Å². The molecule has 0 aliphatic heterocycles. The number of pyridine rings is 2. The van der Waals surface area contributed by atoms with Crippen LogP contribution in [0, 0.1) is 13.8 Å². The summed E-state index contributed by atoms with van der Waals surface area (Å²) in [6.45, 7) is 8.79. The largest absolute Gasteiger partial charge is 0.355 e. The van der Waals surface area contributed by atoms with E-state index in [1.807, 2.05) is 43.7 Å². The molecule has 0 unspecified atom stereocenters. The van der Waals surface area contributed by atoms with Crippen molar-refractivity contribution in [3.8, 4) is 11.3 Å². The second kappa shape index (κ2) is 8.01. The molecule has 0 aliphatic rings. The fourth-order valence-corrected chi connectivity index (χ4v) is 4.59. The Morgan fingerprint density at radius 1 is 0.848 bits per heavy atom. The zero-order chi connectivity index (χ0) is 23.2. The topological polar surface area (TPSA) is 54.8 Å². The maximum atomic E-state index is 4.61. The number of hydrogen-bond acceptors (Lipinski definition) is 4. The minimum atomic E-state index is -0.168.